The molecule has 0 radical (unpaired) electrons. The molecule has 3 rings (SSSR count). The first-order valence-corrected chi connectivity index (χ1v) is 13.4. The third-order valence-corrected chi connectivity index (χ3v) is 6.66. The molecule has 1 aliphatic rings. The van der Waals surface area contributed by atoms with E-state index in [0.717, 1.165) is 30.8 Å². The van der Waals surface area contributed by atoms with Gasteiger partial charge >= 0.3 is 17.7 Å². The van der Waals surface area contributed by atoms with E-state index in [0.29, 0.717) is 0 Å². The number of hydrogen-bond acceptors (Lipinski definition) is 12. The zero-order chi connectivity index (χ0) is 26.8. The maximum absolute atomic E-state index is 12.5. The van der Waals surface area contributed by atoms with Crippen LogP contribution in [0, 0.1) is 10.1 Å². The first-order chi connectivity index (χ1) is 17.8. The minimum Gasteiger partial charge on any atom is -0.465 e. The fraction of sp³-hybridized carbons (Fsp3) is 0.522. The predicted octanol–water partition coefficient (Wildman–Crippen LogP) is 2.46. The molecule has 0 amide bonds. The monoisotopic (exact) mass is 536 g/mol. The van der Waals surface area contributed by atoms with Crippen LogP contribution < -0.4 is 15.4 Å². The highest BCUT2D eigenvalue weighted by Gasteiger charge is 2.30. The zero-order valence-corrected chi connectivity index (χ0v) is 21.9. The Morgan fingerprint density at radius 3 is 2.70 bits per heavy atom. The van der Waals surface area contributed by atoms with Crippen molar-refractivity contribution < 1.29 is 28.6 Å². The summed E-state index contributed by atoms with van der Waals surface area (Å²) >= 11 is 0. The molecule has 1 aromatic carbocycles. The molecule has 13 nitrogen and oxygen atoms in total. The summed E-state index contributed by atoms with van der Waals surface area (Å²) < 4.78 is 15.4. The van der Waals surface area contributed by atoms with Crippen LogP contribution in [0.1, 0.15) is 30.9 Å². The highest BCUT2D eigenvalue weighted by Crippen LogP contribution is 2.34. The molecule has 14 heteroatoms. The summed E-state index contributed by atoms with van der Waals surface area (Å²) in [6.07, 6.45) is 2.54. The molecular formula is C23H33N6O7P. The van der Waals surface area contributed by atoms with Crippen molar-refractivity contribution in [3.05, 3.63) is 45.5 Å². The molecule has 0 bridgehead atoms. The number of carbonyl (C=O) groups is 1. The number of esters is 1. The second-order valence-corrected chi connectivity index (χ2v) is 9.91. The molecule has 2 aromatic rings. The Bertz CT molecular complexity index is 1070. The van der Waals surface area contributed by atoms with Crippen LogP contribution in [0.15, 0.2) is 24.3 Å². The molecule has 3 N–H and O–H groups in total. The summed E-state index contributed by atoms with van der Waals surface area (Å²) in [4.78, 5) is 45.2. The van der Waals surface area contributed by atoms with Gasteiger partial charge in [-0.3, -0.25) is 19.8 Å². The highest BCUT2D eigenvalue weighted by atomic mass is 31.2. The maximum atomic E-state index is 12.5. The lowest BCUT2D eigenvalue weighted by molar-refractivity contribution is -0.383. The van der Waals surface area contributed by atoms with Crippen molar-refractivity contribution in [3.8, 4) is 6.01 Å². The standard InChI is InChI=1S/C23H33N6O7P/c1-3-35-19(30)16-28(15-18-8-6-7-17(13-18)14-27-9-4-5-10-27)22-20(29(31)32)21(24)25-23(26-22)36-11-12-37(33)34-2/h6-8,13,33H,3-5,9-12,14-16H2,1-2H3,(H2,24,25,26). The van der Waals surface area contributed by atoms with Crippen LogP contribution in [-0.2, 0) is 27.1 Å². The molecule has 1 atom stereocenters. The summed E-state index contributed by atoms with van der Waals surface area (Å²) in [7, 11) is -0.299. The summed E-state index contributed by atoms with van der Waals surface area (Å²) in [6.45, 7) is 4.58. The van der Waals surface area contributed by atoms with E-state index in [1.807, 2.05) is 24.3 Å². The predicted molar refractivity (Wildman–Crippen MR) is 138 cm³/mol. The van der Waals surface area contributed by atoms with E-state index in [2.05, 4.69) is 14.9 Å². The second-order valence-electron chi connectivity index (χ2n) is 8.39. The average molecular weight is 537 g/mol. The summed E-state index contributed by atoms with van der Waals surface area (Å²) in [5, 5.41) is 11.9. The quantitative estimate of drug-likeness (QED) is 0.157. The van der Waals surface area contributed by atoms with Crippen LogP contribution in [0.2, 0.25) is 0 Å². The fourth-order valence-corrected chi connectivity index (χ4v) is 4.45. The van der Waals surface area contributed by atoms with E-state index >= 15 is 0 Å². The second kappa shape index (κ2) is 14.0. The first-order valence-electron chi connectivity index (χ1n) is 12.0. The van der Waals surface area contributed by atoms with Crippen molar-refractivity contribution >= 4 is 31.7 Å². The Morgan fingerprint density at radius 2 is 2.03 bits per heavy atom. The van der Waals surface area contributed by atoms with Crippen molar-refractivity contribution in [1.29, 1.82) is 0 Å². The zero-order valence-electron chi connectivity index (χ0n) is 21.0. The van der Waals surface area contributed by atoms with Crippen LogP contribution in [0.25, 0.3) is 0 Å². The number of aromatic nitrogens is 2. The van der Waals surface area contributed by atoms with E-state index in [4.69, 9.17) is 19.7 Å². The third-order valence-electron chi connectivity index (χ3n) is 5.67. The van der Waals surface area contributed by atoms with Crippen LogP contribution in [-0.4, -0.2) is 76.8 Å². The van der Waals surface area contributed by atoms with E-state index in [1.54, 1.807) is 6.92 Å². The topological polar surface area (TPSA) is 166 Å². The number of nitrogens with zero attached hydrogens (tertiary/aromatic N) is 5. The molecule has 2 heterocycles. The van der Waals surface area contributed by atoms with Gasteiger partial charge in [0.1, 0.15) is 6.54 Å². The van der Waals surface area contributed by atoms with Crippen LogP contribution >= 0.6 is 8.38 Å². The number of anilines is 2. The van der Waals surface area contributed by atoms with E-state index in [1.165, 1.54) is 24.9 Å². The van der Waals surface area contributed by atoms with Gasteiger partial charge in [-0.25, -0.2) is 0 Å². The maximum Gasteiger partial charge on any atom is 0.353 e. The fourth-order valence-electron chi connectivity index (χ4n) is 4.02. The van der Waals surface area contributed by atoms with Gasteiger partial charge in [-0.2, -0.15) is 9.97 Å². The normalized spacial score (nSPS) is 14.4. The average Bonchev–Trinajstić information content (AvgIpc) is 3.36. The first kappa shape index (κ1) is 28.5. The molecule has 1 saturated heterocycles. The van der Waals surface area contributed by atoms with Crippen molar-refractivity contribution in [2.45, 2.75) is 32.9 Å². The minimum absolute atomic E-state index is 0.00313. The summed E-state index contributed by atoms with van der Waals surface area (Å²) in [5.41, 5.74) is 7.33. The van der Waals surface area contributed by atoms with Gasteiger partial charge in [-0.15, -0.1) is 0 Å². The van der Waals surface area contributed by atoms with Gasteiger partial charge in [-0.05, 0) is 44.0 Å². The van der Waals surface area contributed by atoms with Crippen molar-refractivity contribution in [2.75, 3.05) is 56.8 Å². The number of likely N-dealkylation sites (tertiary alicyclic amines) is 1. The molecule has 1 fully saturated rings. The molecule has 0 aliphatic carbocycles. The van der Waals surface area contributed by atoms with E-state index < -0.39 is 30.8 Å². The molecule has 0 spiro atoms. The van der Waals surface area contributed by atoms with Gasteiger partial charge in [0.05, 0.1) is 24.3 Å². The Labute approximate surface area is 216 Å². The molecule has 1 aromatic heterocycles. The number of nitrogen functional groups attached to an aromatic ring is 1. The van der Waals surface area contributed by atoms with Crippen molar-refractivity contribution in [2.24, 2.45) is 0 Å². The molecular weight excluding hydrogens is 503 g/mol. The number of nitrogens with two attached hydrogens (primary N) is 1. The minimum atomic E-state index is -1.67. The van der Waals surface area contributed by atoms with Crippen LogP contribution in [0.5, 0.6) is 6.01 Å². The van der Waals surface area contributed by atoms with Gasteiger partial charge in [-0.1, -0.05) is 24.3 Å². The smallest absolute Gasteiger partial charge is 0.353 e. The van der Waals surface area contributed by atoms with Gasteiger partial charge in [0.2, 0.25) is 11.6 Å². The number of carbonyl (C=O) groups excluding carboxylic acids is 1. The van der Waals surface area contributed by atoms with Gasteiger partial charge in [0.15, 0.2) is 8.38 Å². The molecule has 1 unspecified atom stereocenters. The lowest BCUT2D eigenvalue weighted by atomic mass is 10.1. The largest absolute Gasteiger partial charge is 0.465 e. The molecule has 0 saturated carbocycles. The molecule has 1 aliphatic heterocycles. The Kier molecular flexibility index (Phi) is 10.8. The molecule has 37 heavy (non-hydrogen) atoms. The van der Waals surface area contributed by atoms with Crippen molar-refractivity contribution in [3.63, 3.8) is 0 Å². The molecule has 202 valence electrons. The number of nitro groups is 1. The Morgan fingerprint density at radius 1 is 1.30 bits per heavy atom. The summed E-state index contributed by atoms with van der Waals surface area (Å²) in [6, 6.07) is 7.63. The Hall–Kier alpha value is -3.12. The third kappa shape index (κ3) is 8.46. The van der Waals surface area contributed by atoms with Gasteiger partial charge in [0, 0.05) is 20.2 Å². The summed E-state index contributed by atoms with van der Waals surface area (Å²) in [5.74, 6) is -1.14. The van der Waals surface area contributed by atoms with Gasteiger partial charge < -0.3 is 29.5 Å². The van der Waals surface area contributed by atoms with Crippen molar-refractivity contribution in [1.82, 2.24) is 14.9 Å². The number of hydrogen-bond donors (Lipinski definition) is 2. The lowest BCUT2D eigenvalue weighted by Gasteiger charge is -2.24. The highest BCUT2D eigenvalue weighted by molar-refractivity contribution is 7.46. The van der Waals surface area contributed by atoms with E-state index in [-0.39, 0.29) is 44.3 Å². The van der Waals surface area contributed by atoms with Gasteiger partial charge in [0.25, 0.3) is 0 Å². The van der Waals surface area contributed by atoms with Crippen LogP contribution in [0.4, 0.5) is 17.3 Å². The van der Waals surface area contributed by atoms with Crippen LogP contribution in [0.3, 0.4) is 0 Å². The van der Waals surface area contributed by atoms with E-state index in [9.17, 15) is 19.8 Å². The number of rotatable bonds is 14. The number of ether oxygens (including phenoxy) is 2. The lowest BCUT2D eigenvalue weighted by Crippen LogP contribution is -2.32. The SMILES string of the molecule is CCOC(=O)CN(Cc1cccc(CN2CCCC2)c1)c1nc(OCCP(O)OC)nc(N)c1[N+](=O)[O-]. The Balaban J connectivity index is 1.92. The number of benzene rings is 1.